The molecule has 21 heavy (non-hydrogen) atoms. The third-order valence-electron chi connectivity index (χ3n) is 2.60. The molecule has 9 heteroatoms. The monoisotopic (exact) mass is 317 g/mol. The molecule has 116 valence electrons. The highest BCUT2D eigenvalue weighted by atomic mass is 32.2. The average Bonchev–Trinajstić information content (AvgIpc) is 2.41. The maximum Gasteiger partial charge on any atom is 0.328 e. The van der Waals surface area contributed by atoms with Crippen molar-refractivity contribution in [1.82, 2.24) is 5.32 Å². The van der Waals surface area contributed by atoms with Crippen molar-refractivity contribution in [2.75, 3.05) is 12.9 Å². The van der Waals surface area contributed by atoms with E-state index in [9.17, 15) is 23.1 Å². The summed E-state index contributed by atoms with van der Waals surface area (Å²) in [5, 5.41) is 11.8. The number of carbonyl (C=O) groups is 2. The molecule has 0 fully saturated rings. The maximum absolute atomic E-state index is 11.9. The third kappa shape index (κ3) is 5.40. The van der Waals surface area contributed by atoms with E-state index in [1.165, 1.54) is 24.3 Å². The molecular formula is C12H15NO7S. The number of carbonyl (C=O) groups excluding carboxylic acids is 2. The molecule has 1 aromatic carbocycles. The first-order chi connectivity index (χ1) is 9.74. The van der Waals surface area contributed by atoms with Crippen LogP contribution in [0.4, 0.5) is 0 Å². The molecule has 0 unspecified atom stereocenters. The fraction of sp³-hybridized carbons (Fsp3) is 0.333. The largest absolute Gasteiger partial charge is 0.507 e. The van der Waals surface area contributed by atoms with Gasteiger partial charge in [0.05, 0.1) is 18.4 Å². The van der Waals surface area contributed by atoms with Crippen molar-refractivity contribution >= 4 is 22.0 Å². The number of benzene rings is 1. The van der Waals surface area contributed by atoms with Gasteiger partial charge in [0, 0.05) is 0 Å². The van der Waals surface area contributed by atoms with Crippen molar-refractivity contribution in [3.05, 3.63) is 29.8 Å². The third-order valence-corrected chi connectivity index (χ3v) is 3.36. The predicted octanol–water partition coefficient (Wildman–Crippen LogP) is -0.0585. The fourth-order valence-electron chi connectivity index (χ4n) is 1.56. The topological polar surface area (TPSA) is 130 Å². The summed E-state index contributed by atoms with van der Waals surface area (Å²) >= 11 is 0. The van der Waals surface area contributed by atoms with Crippen molar-refractivity contribution in [3.8, 4) is 5.75 Å². The molecule has 0 aliphatic rings. The molecule has 0 saturated heterocycles. The van der Waals surface area contributed by atoms with Crippen LogP contribution in [-0.4, -0.2) is 48.9 Å². The lowest BCUT2D eigenvalue weighted by atomic mass is 10.1. The SMILES string of the molecule is COC(=O)[C@H](CCS(=O)(=O)O)NC(=O)c1ccccc1O. The highest BCUT2D eigenvalue weighted by Gasteiger charge is 2.24. The first kappa shape index (κ1) is 16.9. The Morgan fingerprint density at radius 3 is 2.48 bits per heavy atom. The Hall–Kier alpha value is -2.13. The molecule has 1 rings (SSSR count). The van der Waals surface area contributed by atoms with Crippen LogP contribution in [0.15, 0.2) is 24.3 Å². The number of amides is 1. The number of aromatic hydroxyl groups is 1. The first-order valence-corrected chi connectivity index (χ1v) is 7.47. The van der Waals surface area contributed by atoms with Gasteiger partial charge in [0.25, 0.3) is 16.0 Å². The summed E-state index contributed by atoms with van der Waals surface area (Å²) in [6.45, 7) is 0. The van der Waals surface area contributed by atoms with Crippen LogP contribution < -0.4 is 5.32 Å². The molecular weight excluding hydrogens is 302 g/mol. The van der Waals surface area contributed by atoms with E-state index < -0.39 is 33.8 Å². The second-order valence-electron chi connectivity index (χ2n) is 4.14. The van der Waals surface area contributed by atoms with Gasteiger partial charge in [0.1, 0.15) is 11.8 Å². The van der Waals surface area contributed by atoms with E-state index in [2.05, 4.69) is 10.1 Å². The van der Waals surface area contributed by atoms with Crippen LogP contribution in [0.1, 0.15) is 16.8 Å². The van der Waals surface area contributed by atoms with Crippen LogP contribution in [0, 0.1) is 0 Å². The van der Waals surface area contributed by atoms with Crippen LogP contribution in [0.2, 0.25) is 0 Å². The second-order valence-corrected chi connectivity index (χ2v) is 5.71. The van der Waals surface area contributed by atoms with Crippen LogP contribution in [-0.2, 0) is 19.6 Å². The van der Waals surface area contributed by atoms with Crippen LogP contribution in [0.5, 0.6) is 5.75 Å². The Morgan fingerprint density at radius 2 is 1.95 bits per heavy atom. The Bertz CT molecular complexity index is 626. The van der Waals surface area contributed by atoms with Gasteiger partial charge in [-0.25, -0.2) is 4.79 Å². The maximum atomic E-state index is 11.9. The van der Waals surface area contributed by atoms with Gasteiger partial charge in [-0.15, -0.1) is 0 Å². The minimum absolute atomic E-state index is 0.0711. The highest BCUT2D eigenvalue weighted by Crippen LogP contribution is 2.15. The number of hydrogen-bond acceptors (Lipinski definition) is 6. The molecule has 0 radical (unpaired) electrons. The summed E-state index contributed by atoms with van der Waals surface area (Å²) < 4.78 is 34.6. The molecule has 1 atom stereocenters. The zero-order valence-electron chi connectivity index (χ0n) is 11.1. The van der Waals surface area contributed by atoms with Gasteiger partial charge in [-0.1, -0.05) is 12.1 Å². The molecule has 0 aliphatic carbocycles. The molecule has 8 nitrogen and oxygen atoms in total. The summed E-state index contributed by atoms with van der Waals surface area (Å²) in [4.78, 5) is 23.4. The summed E-state index contributed by atoms with van der Waals surface area (Å²) in [5.41, 5.74) is -0.0711. The van der Waals surface area contributed by atoms with Crippen LogP contribution in [0.3, 0.4) is 0 Å². The number of hydrogen-bond donors (Lipinski definition) is 3. The standard InChI is InChI=1S/C12H15NO7S/c1-20-12(16)9(6-7-21(17,18)19)13-11(15)8-4-2-3-5-10(8)14/h2-5,9,14H,6-7H2,1H3,(H,13,15)(H,17,18,19)/t9-/m0/s1. The number of rotatable bonds is 6. The molecule has 0 heterocycles. The Kier molecular flexibility index (Phi) is 5.68. The van der Waals surface area contributed by atoms with Gasteiger partial charge in [-0.05, 0) is 18.6 Å². The number of methoxy groups -OCH3 is 1. The molecule has 1 amide bonds. The molecule has 0 saturated carbocycles. The van der Waals surface area contributed by atoms with Crippen molar-refractivity contribution in [2.45, 2.75) is 12.5 Å². The number of esters is 1. The lowest BCUT2D eigenvalue weighted by Crippen LogP contribution is -2.42. The summed E-state index contributed by atoms with van der Waals surface area (Å²) in [6.07, 6.45) is -0.356. The van der Waals surface area contributed by atoms with Crippen LogP contribution >= 0.6 is 0 Å². The Labute approximate surface area is 121 Å². The van der Waals surface area contributed by atoms with Gasteiger partial charge in [0.2, 0.25) is 0 Å². The van der Waals surface area contributed by atoms with Gasteiger partial charge in [0.15, 0.2) is 0 Å². The lowest BCUT2D eigenvalue weighted by molar-refractivity contribution is -0.142. The van der Waals surface area contributed by atoms with E-state index >= 15 is 0 Å². The lowest BCUT2D eigenvalue weighted by Gasteiger charge is -2.16. The number of para-hydroxylation sites is 1. The average molecular weight is 317 g/mol. The van der Waals surface area contributed by atoms with Crippen molar-refractivity contribution in [1.29, 1.82) is 0 Å². The van der Waals surface area contributed by atoms with E-state index in [1.54, 1.807) is 0 Å². The zero-order chi connectivity index (χ0) is 16.0. The minimum Gasteiger partial charge on any atom is -0.507 e. The van der Waals surface area contributed by atoms with Crippen LogP contribution in [0.25, 0.3) is 0 Å². The predicted molar refractivity (Wildman–Crippen MR) is 72.4 cm³/mol. The quantitative estimate of drug-likeness (QED) is 0.495. The summed E-state index contributed by atoms with van der Waals surface area (Å²) in [6, 6.07) is 4.40. The zero-order valence-corrected chi connectivity index (χ0v) is 12.0. The van der Waals surface area contributed by atoms with Crippen molar-refractivity contribution in [3.63, 3.8) is 0 Å². The second kappa shape index (κ2) is 7.04. The first-order valence-electron chi connectivity index (χ1n) is 5.86. The molecule has 1 aromatic rings. The normalized spacial score (nSPS) is 12.5. The summed E-state index contributed by atoms with van der Waals surface area (Å²) in [5.74, 6) is -2.62. The van der Waals surface area contributed by atoms with E-state index in [0.29, 0.717) is 0 Å². The fourth-order valence-corrected chi connectivity index (χ4v) is 2.09. The van der Waals surface area contributed by atoms with Gasteiger partial charge < -0.3 is 15.2 Å². The smallest absolute Gasteiger partial charge is 0.328 e. The number of phenols is 1. The minimum atomic E-state index is -4.28. The van der Waals surface area contributed by atoms with E-state index in [1.807, 2.05) is 0 Å². The highest BCUT2D eigenvalue weighted by molar-refractivity contribution is 7.85. The van der Waals surface area contributed by atoms with E-state index in [-0.39, 0.29) is 17.7 Å². The van der Waals surface area contributed by atoms with E-state index in [4.69, 9.17) is 4.55 Å². The Balaban J connectivity index is 2.84. The van der Waals surface area contributed by atoms with E-state index in [0.717, 1.165) is 7.11 Å². The Morgan fingerprint density at radius 1 is 1.33 bits per heavy atom. The number of phenolic OH excluding ortho intramolecular Hbond substituents is 1. The molecule has 0 aromatic heterocycles. The van der Waals surface area contributed by atoms with Crippen molar-refractivity contribution < 1.29 is 32.4 Å². The molecule has 0 aliphatic heterocycles. The number of ether oxygens (including phenoxy) is 1. The summed E-state index contributed by atoms with van der Waals surface area (Å²) in [7, 11) is -3.20. The van der Waals surface area contributed by atoms with Gasteiger partial charge in [-0.2, -0.15) is 8.42 Å². The number of nitrogens with one attached hydrogen (secondary N) is 1. The van der Waals surface area contributed by atoms with Crippen molar-refractivity contribution in [2.24, 2.45) is 0 Å². The molecule has 0 spiro atoms. The van der Waals surface area contributed by atoms with Gasteiger partial charge >= 0.3 is 5.97 Å². The molecule has 3 N–H and O–H groups in total. The van der Waals surface area contributed by atoms with Gasteiger partial charge in [-0.3, -0.25) is 9.35 Å². The molecule has 0 bridgehead atoms.